The molecule has 0 radical (unpaired) electrons. The van der Waals surface area contributed by atoms with E-state index in [1.165, 1.54) is 12.1 Å². The van der Waals surface area contributed by atoms with Crippen molar-refractivity contribution in [2.75, 3.05) is 6.61 Å². The molecule has 3 rings (SSSR count). The van der Waals surface area contributed by atoms with Crippen molar-refractivity contribution in [1.82, 2.24) is 0 Å². The Labute approximate surface area is 132 Å². The highest BCUT2D eigenvalue weighted by atomic mass is 35.5. The Balaban J connectivity index is 1.90. The van der Waals surface area contributed by atoms with Gasteiger partial charge in [-0.2, -0.15) is 0 Å². The third kappa shape index (κ3) is 3.15. The van der Waals surface area contributed by atoms with Crippen LogP contribution in [0, 0.1) is 5.82 Å². The van der Waals surface area contributed by atoms with Gasteiger partial charge in [-0.25, -0.2) is 4.39 Å². The smallest absolute Gasteiger partial charge is 0.126 e. The number of rotatable bonds is 3. The Morgan fingerprint density at radius 1 is 1.14 bits per heavy atom. The summed E-state index contributed by atoms with van der Waals surface area (Å²) in [6, 6.07) is 7.69. The maximum Gasteiger partial charge on any atom is 0.126 e. The molecule has 2 nitrogen and oxygen atoms in total. The molecule has 1 heterocycles. The van der Waals surface area contributed by atoms with Crippen LogP contribution < -0.4 is 4.74 Å². The van der Waals surface area contributed by atoms with E-state index >= 15 is 0 Å². The standard InChI is InChI=1S/C16H13Cl2FO2/c17-12-3-9-1-2-21-16(9)11(5-12)7-15(20)10-4-13(18)8-14(19)6-10/h3-6,8,15,20H,1-2,7H2. The Hall–Kier alpha value is -1.29. The van der Waals surface area contributed by atoms with Crippen LogP contribution in [0.1, 0.15) is 22.8 Å². The maximum absolute atomic E-state index is 13.4. The van der Waals surface area contributed by atoms with E-state index in [1.54, 1.807) is 12.1 Å². The Morgan fingerprint density at radius 2 is 1.90 bits per heavy atom. The van der Waals surface area contributed by atoms with Crippen LogP contribution in [0.2, 0.25) is 10.0 Å². The summed E-state index contributed by atoms with van der Waals surface area (Å²) in [5.41, 5.74) is 2.30. The maximum atomic E-state index is 13.4. The first-order valence-electron chi connectivity index (χ1n) is 6.61. The van der Waals surface area contributed by atoms with Gasteiger partial charge in [0.2, 0.25) is 0 Å². The summed E-state index contributed by atoms with van der Waals surface area (Å²) in [6.45, 7) is 0.616. The van der Waals surface area contributed by atoms with Gasteiger partial charge in [-0.1, -0.05) is 23.2 Å². The highest BCUT2D eigenvalue weighted by Crippen LogP contribution is 2.35. The monoisotopic (exact) mass is 326 g/mol. The van der Waals surface area contributed by atoms with Crippen LogP contribution in [0.15, 0.2) is 30.3 Å². The molecule has 0 saturated carbocycles. The predicted molar refractivity (Wildman–Crippen MR) is 80.7 cm³/mol. The summed E-state index contributed by atoms with van der Waals surface area (Å²) in [6.07, 6.45) is 0.234. The number of ether oxygens (including phenoxy) is 1. The van der Waals surface area contributed by atoms with Gasteiger partial charge in [-0.15, -0.1) is 0 Å². The molecule has 2 aromatic rings. The highest BCUT2D eigenvalue weighted by Gasteiger charge is 2.20. The van der Waals surface area contributed by atoms with Crippen molar-refractivity contribution in [1.29, 1.82) is 0 Å². The zero-order valence-corrected chi connectivity index (χ0v) is 12.6. The molecule has 0 fully saturated rings. The summed E-state index contributed by atoms with van der Waals surface area (Å²) in [5.74, 6) is 0.310. The van der Waals surface area contributed by atoms with Gasteiger partial charge in [0, 0.05) is 22.9 Å². The quantitative estimate of drug-likeness (QED) is 0.908. The zero-order chi connectivity index (χ0) is 15.0. The van der Waals surface area contributed by atoms with Gasteiger partial charge in [0.25, 0.3) is 0 Å². The number of aliphatic hydroxyl groups is 1. The fourth-order valence-electron chi connectivity index (χ4n) is 2.59. The largest absolute Gasteiger partial charge is 0.493 e. The Morgan fingerprint density at radius 3 is 2.67 bits per heavy atom. The first-order chi connectivity index (χ1) is 10.0. The van der Waals surface area contributed by atoms with Crippen LogP contribution in [0.3, 0.4) is 0 Å². The molecule has 0 aliphatic carbocycles. The van der Waals surface area contributed by atoms with Crippen molar-refractivity contribution in [3.05, 3.63) is 62.9 Å². The van der Waals surface area contributed by atoms with Gasteiger partial charge >= 0.3 is 0 Å². The van der Waals surface area contributed by atoms with Crippen molar-refractivity contribution in [3.63, 3.8) is 0 Å². The van der Waals surface area contributed by atoms with Gasteiger partial charge in [0.15, 0.2) is 0 Å². The van der Waals surface area contributed by atoms with Crippen LogP contribution in [-0.2, 0) is 12.8 Å². The van der Waals surface area contributed by atoms with Gasteiger partial charge in [0.05, 0.1) is 12.7 Å². The molecule has 1 unspecified atom stereocenters. The number of fused-ring (bicyclic) bond motifs is 1. The number of hydrogen-bond donors (Lipinski definition) is 1. The minimum atomic E-state index is -0.870. The fraction of sp³-hybridized carbons (Fsp3) is 0.250. The molecular weight excluding hydrogens is 314 g/mol. The van der Waals surface area contributed by atoms with Gasteiger partial charge < -0.3 is 9.84 Å². The molecule has 5 heteroatoms. The average Bonchev–Trinajstić information content (AvgIpc) is 2.85. The van der Waals surface area contributed by atoms with Gasteiger partial charge in [-0.3, -0.25) is 0 Å². The van der Waals surface area contributed by atoms with Crippen LogP contribution >= 0.6 is 23.2 Å². The summed E-state index contributed by atoms with van der Waals surface area (Å²) in [5, 5.41) is 11.2. The first-order valence-corrected chi connectivity index (χ1v) is 7.36. The average molecular weight is 327 g/mol. The molecule has 1 atom stereocenters. The third-order valence-corrected chi connectivity index (χ3v) is 3.94. The Kier molecular flexibility index (Phi) is 4.07. The molecule has 1 aliphatic heterocycles. The van der Waals surface area contributed by atoms with E-state index < -0.39 is 11.9 Å². The summed E-state index contributed by atoms with van der Waals surface area (Å²) in [4.78, 5) is 0. The second-order valence-electron chi connectivity index (χ2n) is 5.07. The molecule has 1 aliphatic rings. The van der Waals surface area contributed by atoms with E-state index in [2.05, 4.69) is 0 Å². The van der Waals surface area contributed by atoms with Crippen molar-refractivity contribution in [2.45, 2.75) is 18.9 Å². The normalized spacial score (nSPS) is 14.7. The van der Waals surface area contributed by atoms with Crippen LogP contribution in [0.25, 0.3) is 0 Å². The second-order valence-corrected chi connectivity index (χ2v) is 5.95. The Bertz CT molecular complexity index is 668. The van der Waals surface area contributed by atoms with E-state index in [9.17, 15) is 9.50 Å². The van der Waals surface area contributed by atoms with E-state index in [0.29, 0.717) is 23.6 Å². The number of aliphatic hydroxyl groups excluding tert-OH is 1. The minimum Gasteiger partial charge on any atom is -0.493 e. The number of benzene rings is 2. The van der Waals surface area contributed by atoms with Gasteiger partial charge in [0.1, 0.15) is 11.6 Å². The molecule has 21 heavy (non-hydrogen) atoms. The van der Waals surface area contributed by atoms with Crippen LogP contribution in [0.4, 0.5) is 4.39 Å². The second kappa shape index (κ2) is 5.84. The van der Waals surface area contributed by atoms with Crippen molar-refractivity contribution >= 4 is 23.2 Å². The van der Waals surface area contributed by atoms with Crippen molar-refractivity contribution in [3.8, 4) is 5.75 Å². The van der Waals surface area contributed by atoms with E-state index in [-0.39, 0.29) is 5.02 Å². The lowest BCUT2D eigenvalue weighted by Crippen LogP contribution is -2.04. The SMILES string of the molecule is OC(Cc1cc(Cl)cc2c1OCC2)c1cc(F)cc(Cl)c1. The topological polar surface area (TPSA) is 29.5 Å². The molecule has 0 spiro atoms. The summed E-state index contributed by atoms with van der Waals surface area (Å²) < 4.78 is 19.0. The third-order valence-electron chi connectivity index (χ3n) is 3.51. The molecular formula is C16H13Cl2FO2. The summed E-state index contributed by atoms with van der Waals surface area (Å²) >= 11 is 11.9. The molecule has 0 saturated heterocycles. The summed E-state index contributed by atoms with van der Waals surface area (Å²) in [7, 11) is 0. The lowest BCUT2D eigenvalue weighted by molar-refractivity contribution is 0.176. The van der Waals surface area contributed by atoms with Gasteiger partial charge in [-0.05, 0) is 47.0 Å². The van der Waals surface area contributed by atoms with E-state index in [1.807, 2.05) is 6.07 Å². The van der Waals surface area contributed by atoms with Crippen molar-refractivity contribution in [2.24, 2.45) is 0 Å². The molecule has 2 aromatic carbocycles. The fourth-order valence-corrected chi connectivity index (χ4v) is 3.08. The highest BCUT2D eigenvalue weighted by molar-refractivity contribution is 6.31. The molecule has 0 bridgehead atoms. The molecule has 110 valence electrons. The van der Waals surface area contributed by atoms with E-state index in [4.69, 9.17) is 27.9 Å². The first kappa shape index (κ1) is 14.6. The number of hydrogen-bond acceptors (Lipinski definition) is 2. The lowest BCUT2D eigenvalue weighted by Gasteiger charge is -2.14. The lowest BCUT2D eigenvalue weighted by atomic mass is 9.98. The molecule has 1 N–H and O–H groups in total. The number of halogens is 3. The predicted octanol–water partition coefficient (Wildman–Crippen LogP) is 4.34. The molecule has 0 amide bonds. The van der Waals surface area contributed by atoms with Crippen LogP contribution in [0.5, 0.6) is 5.75 Å². The molecule has 0 aromatic heterocycles. The van der Waals surface area contributed by atoms with E-state index in [0.717, 1.165) is 23.3 Å². The minimum absolute atomic E-state index is 0.261. The van der Waals surface area contributed by atoms with Crippen molar-refractivity contribution < 1.29 is 14.2 Å². The van der Waals surface area contributed by atoms with Crippen LogP contribution in [-0.4, -0.2) is 11.7 Å². The zero-order valence-electron chi connectivity index (χ0n) is 11.1.